The fourth-order valence-electron chi connectivity index (χ4n) is 1.05. The molecule has 0 aliphatic rings. The van der Waals surface area contributed by atoms with Crippen LogP contribution in [-0.4, -0.2) is 28.2 Å². The third kappa shape index (κ3) is 5.00. The Labute approximate surface area is 107 Å². The van der Waals surface area contributed by atoms with Gasteiger partial charge in [-0.05, 0) is 34.1 Å². The molecule has 9 heteroatoms. The summed E-state index contributed by atoms with van der Waals surface area (Å²) in [5, 5.41) is -1.05. The van der Waals surface area contributed by atoms with Gasteiger partial charge < -0.3 is 0 Å². The first kappa shape index (κ1) is 14.4. The molecule has 0 aromatic heterocycles. The molecule has 0 aliphatic heterocycles. The highest BCUT2D eigenvalue weighted by atomic mass is 79.9. The molecule has 0 bridgehead atoms. The molecule has 17 heavy (non-hydrogen) atoms. The third-order valence-corrected chi connectivity index (χ3v) is 5.74. The van der Waals surface area contributed by atoms with E-state index in [4.69, 9.17) is 0 Å². The minimum atomic E-state index is -4.07. The van der Waals surface area contributed by atoms with Crippen molar-refractivity contribution in [2.45, 2.75) is 0 Å². The Balaban J connectivity index is 3.02. The number of nitrogens with one attached hydrogen (secondary N) is 1. The standard InChI is InChI=1S/C8H9BrFNO4S2/c1-16(12,13)5-17(14,15)11-8-4-6(10)2-3-7(8)9/h2-4,11H,5H2,1H3. The summed E-state index contributed by atoms with van der Waals surface area (Å²) in [6.07, 6.45) is 0.798. The van der Waals surface area contributed by atoms with Crippen LogP contribution in [0.25, 0.3) is 0 Å². The molecule has 0 unspecified atom stereocenters. The van der Waals surface area contributed by atoms with Gasteiger partial charge in [0.05, 0.1) is 5.69 Å². The molecule has 96 valence electrons. The summed E-state index contributed by atoms with van der Waals surface area (Å²) in [6.45, 7) is 0. The Morgan fingerprint density at radius 3 is 2.41 bits per heavy atom. The van der Waals surface area contributed by atoms with Gasteiger partial charge in [-0.2, -0.15) is 0 Å². The van der Waals surface area contributed by atoms with Crippen LogP contribution in [0.3, 0.4) is 0 Å². The number of benzene rings is 1. The first-order valence-electron chi connectivity index (χ1n) is 4.22. The zero-order valence-electron chi connectivity index (χ0n) is 8.64. The van der Waals surface area contributed by atoms with Gasteiger partial charge in [0.1, 0.15) is 5.82 Å². The average Bonchev–Trinajstić information content (AvgIpc) is 2.06. The predicted molar refractivity (Wildman–Crippen MR) is 66.4 cm³/mol. The van der Waals surface area contributed by atoms with Crippen molar-refractivity contribution in [3.8, 4) is 0 Å². The normalized spacial score (nSPS) is 12.4. The van der Waals surface area contributed by atoms with E-state index in [2.05, 4.69) is 15.9 Å². The van der Waals surface area contributed by atoms with Gasteiger partial charge in [-0.3, -0.25) is 4.72 Å². The van der Waals surface area contributed by atoms with Crippen molar-refractivity contribution in [2.24, 2.45) is 0 Å². The van der Waals surface area contributed by atoms with Crippen LogP contribution in [0, 0.1) is 5.82 Å². The first-order valence-corrected chi connectivity index (χ1v) is 8.73. The van der Waals surface area contributed by atoms with E-state index in [1.54, 1.807) is 0 Å². The first-order chi connectivity index (χ1) is 7.59. The topological polar surface area (TPSA) is 80.3 Å². The maximum absolute atomic E-state index is 12.9. The summed E-state index contributed by atoms with van der Waals surface area (Å²) in [5.74, 6) is -0.634. The summed E-state index contributed by atoms with van der Waals surface area (Å²) < 4.78 is 59.9. The predicted octanol–water partition coefficient (Wildman–Crippen LogP) is 1.33. The van der Waals surface area contributed by atoms with Gasteiger partial charge in [0, 0.05) is 10.7 Å². The minimum Gasteiger partial charge on any atom is -0.281 e. The zero-order valence-corrected chi connectivity index (χ0v) is 11.9. The number of hydrogen-bond donors (Lipinski definition) is 1. The monoisotopic (exact) mass is 345 g/mol. The van der Waals surface area contributed by atoms with E-state index >= 15 is 0 Å². The van der Waals surface area contributed by atoms with Gasteiger partial charge in [0.2, 0.25) is 10.0 Å². The molecule has 0 heterocycles. The second-order valence-electron chi connectivity index (χ2n) is 3.38. The molecule has 1 rings (SSSR count). The molecule has 5 nitrogen and oxygen atoms in total. The smallest absolute Gasteiger partial charge is 0.247 e. The van der Waals surface area contributed by atoms with E-state index in [1.165, 1.54) is 6.07 Å². The zero-order chi connectivity index (χ0) is 13.3. The van der Waals surface area contributed by atoms with Crippen molar-refractivity contribution in [1.29, 1.82) is 0 Å². The molecular weight excluding hydrogens is 337 g/mol. The van der Waals surface area contributed by atoms with Crippen molar-refractivity contribution in [1.82, 2.24) is 0 Å². The Bertz CT molecular complexity index is 627. The SMILES string of the molecule is CS(=O)(=O)CS(=O)(=O)Nc1cc(F)ccc1Br. The number of hydrogen-bond acceptors (Lipinski definition) is 4. The molecule has 0 atom stereocenters. The largest absolute Gasteiger partial charge is 0.281 e. The molecule has 1 aromatic rings. The van der Waals surface area contributed by atoms with E-state index in [1.807, 2.05) is 4.72 Å². The maximum atomic E-state index is 12.9. The third-order valence-electron chi connectivity index (χ3n) is 1.56. The van der Waals surface area contributed by atoms with Crippen molar-refractivity contribution in [3.05, 3.63) is 28.5 Å². The van der Waals surface area contributed by atoms with E-state index in [0.29, 0.717) is 4.47 Å². The number of rotatable bonds is 4. The van der Waals surface area contributed by atoms with Crippen molar-refractivity contribution >= 4 is 41.5 Å². The van der Waals surface area contributed by atoms with Crippen LogP contribution >= 0.6 is 15.9 Å². The molecule has 0 saturated heterocycles. The fourth-order valence-corrected chi connectivity index (χ4v) is 4.53. The van der Waals surface area contributed by atoms with Gasteiger partial charge >= 0.3 is 0 Å². The molecule has 0 radical (unpaired) electrons. The molecule has 1 N–H and O–H groups in total. The lowest BCUT2D eigenvalue weighted by atomic mass is 10.3. The van der Waals surface area contributed by atoms with E-state index < -0.39 is 30.8 Å². The molecule has 0 saturated carbocycles. The Morgan fingerprint density at radius 2 is 1.88 bits per heavy atom. The summed E-state index contributed by atoms with van der Waals surface area (Å²) in [7, 11) is -7.75. The van der Waals surface area contributed by atoms with Crippen LogP contribution < -0.4 is 4.72 Å². The molecule has 0 fully saturated rings. The van der Waals surface area contributed by atoms with Crippen LogP contribution in [-0.2, 0) is 19.9 Å². The number of anilines is 1. The number of sulfone groups is 1. The number of sulfonamides is 1. The summed E-state index contributed by atoms with van der Waals surface area (Å²) >= 11 is 3.02. The molecule has 0 amide bonds. The minimum absolute atomic E-state index is 0.0475. The molecular formula is C8H9BrFNO4S2. The lowest BCUT2D eigenvalue weighted by molar-refractivity contribution is 0.595. The summed E-state index contributed by atoms with van der Waals surface area (Å²) in [6, 6.07) is 3.40. The molecule has 0 aliphatic carbocycles. The Kier molecular flexibility index (Phi) is 4.15. The Hall–Kier alpha value is -0.670. The quantitative estimate of drug-likeness (QED) is 0.892. The molecule has 0 spiro atoms. The number of halogens is 2. The Morgan fingerprint density at radius 1 is 1.29 bits per heavy atom. The highest BCUT2D eigenvalue weighted by molar-refractivity contribution is 9.10. The second-order valence-corrected chi connectivity index (χ2v) is 8.47. The van der Waals surface area contributed by atoms with E-state index in [9.17, 15) is 21.2 Å². The van der Waals surface area contributed by atoms with Gasteiger partial charge in [-0.25, -0.2) is 21.2 Å². The van der Waals surface area contributed by atoms with Crippen molar-refractivity contribution in [2.75, 3.05) is 16.1 Å². The fraction of sp³-hybridized carbons (Fsp3) is 0.250. The van der Waals surface area contributed by atoms with Crippen LogP contribution in [0.1, 0.15) is 0 Å². The van der Waals surface area contributed by atoms with Crippen LogP contribution in [0.4, 0.5) is 10.1 Å². The van der Waals surface area contributed by atoms with E-state index in [-0.39, 0.29) is 5.69 Å². The van der Waals surface area contributed by atoms with Gasteiger partial charge in [0.25, 0.3) is 0 Å². The second kappa shape index (κ2) is 4.91. The highest BCUT2D eigenvalue weighted by Crippen LogP contribution is 2.24. The lowest BCUT2D eigenvalue weighted by Crippen LogP contribution is -2.22. The highest BCUT2D eigenvalue weighted by Gasteiger charge is 2.19. The van der Waals surface area contributed by atoms with Crippen LogP contribution in [0.2, 0.25) is 0 Å². The van der Waals surface area contributed by atoms with Crippen LogP contribution in [0.15, 0.2) is 22.7 Å². The summed E-state index contributed by atoms with van der Waals surface area (Å²) in [5.41, 5.74) is -0.0475. The van der Waals surface area contributed by atoms with Gasteiger partial charge in [0.15, 0.2) is 14.9 Å². The van der Waals surface area contributed by atoms with Crippen molar-refractivity contribution < 1.29 is 21.2 Å². The van der Waals surface area contributed by atoms with Crippen LogP contribution in [0.5, 0.6) is 0 Å². The van der Waals surface area contributed by atoms with E-state index in [0.717, 1.165) is 18.4 Å². The van der Waals surface area contributed by atoms with Gasteiger partial charge in [-0.15, -0.1) is 0 Å². The van der Waals surface area contributed by atoms with Gasteiger partial charge in [-0.1, -0.05) is 0 Å². The van der Waals surface area contributed by atoms with Crippen molar-refractivity contribution in [3.63, 3.8) is 0 Å². The maximum Gasteiger partial charge on any atom is 0.247 e. The molecule has 1 aromatic carbocycles. The lowest BCUT2D eigenvalue weighted by Gasteiger charge is -2.08. The average molecular weight is 346 g/mol. The summed E-state index contributed by atoms with van der Waals surface area (Å²) in [4.78, 5) is 0.